The van der Waals surface area contributed by atoms with Crippen LogP contribution in [0.4, 0.5) is 0 Å². The van der Waals surface area contributed by atoms with E-state index >= 15 is 0 Å². The molecule has 2 aromatic carbocycles. The number of pyridine rings is 1. The highest BCUT2D eigenvalue weighted by molar-refractivity contribution is 7.99. The normalized spacial score (nSPS) is 14.9. The SMILES string of the molecule is O=C(NCCN1CCSCC1)c1cnc(-c2ccc(O)cc2)c2ccccc12. The molecule has 4 rings (SSSR count). The van der Waals surface area contributed by atoms with Gasteiger partial charge in [0.1, 0.15) is 5.75 Å². The quantitative estimate of drug-likeness (QED) is 0.696. The zero-order valence-corrected chi connectivity index (χ0v) is 16.4. The smallest absolute Gasteiger partial charge is 0.253 e. The molecule has 28 heavy (non-hydrogen) atoms. The Bertz CT molecular complexity index is 969. The summed E-state index contributed by atoms with van der Waals surface area (Å²) >= 11 is 1.99. The standard InChI is InChI=1S/C22H23N3O2S/c26-17-7-5-16(6-8-17)21-19-4-2-1-3-18(19)20(15-24-21)22(27)23-9-10-25-11-13-28-14-12-25/h1-8,15,26H,9-14H2,(H,23,27). The van der Waals surface area contributed by atoms with E-state index in [1.165, 1.54) is 11.5 Å². The van der Waals surface area contributed by atoms with Crippen molar-refractivity contribution in [2.75, 3.05) is 37.7 Å². The molecule has 1 aliphatic heterocycles. The summed E-state index contributed by atoms with van der Waals surface area (Å²) in [5.74, 6) is 2.46. The fraction of sp³-hybridized carbons (Fsp3) is 0.273. The molecule has 0 bridgehead atoms. The van der Waals surface area contributed by atoms with Gasteiger partial charge in [-0.3, -0.25) is 14.7 Å². The van der Waals surface area contributed by atoms with Crippen molar-refractivity contribution in [1.29, 1.82) is 0 Å². The number of amides is 1. The molecule has 5 nitrogen and oxygen atoms in total. The van der Waals surface area contributed by atoms with E-state index in [4.69, 9.17) is 0 Å². The van der Waals surface area contributed by atoms with Crippen molar-refractivity contribution < 1.29 is 9.90 Å². The summed E-state index contributed by atoms with van der Waals surface area (Å²) in [7, 11) is 0. The molecule has 1 fully saturated rings. The summed E-state index contributed by atoms with van der Waals surface area (Å²) in [6.45, 7) is 3.69. The maximum atomic E-state index is 12.8. The Morgan fingerprint density at radius 2 is 1.79 bits per heavy atom. The lowest BCUT2D eigenvalue weighted by Crippen LogP contribution is -2.39. The molecule has 0 spiro atoms. The van der Waals surface area contributed by atoms with Gasteiger partial charge in [-0.1, -0.05) is 24.3 Å². The number of hydrogen-bond donors (Lipinski definition) is 2. The molecular weight excluding hydrogens is 370 g/mol. The number of rotatable bonds is 5. The third kappa shape index (κ3) is 4.13. The molecule has 0 atom stereocenters. The van der Waals surface area contributed by atoms with Gasteiger partial charge in [0.05, 0.1) is 11.3 Å². The Morgan fingerprint density at radius 3 is 2.54 bits per heavy atom. The van der Waals surface area contributed by atoms with Crippen molar-refractivity contribution in [2.24, 2.45) is 0 Å². The van der Waals surface area contributed by atoms with E-state index < -0.39 is 0 Å². The highest BCUT2D eigenvalue weighted by Crippen LogP contribution is 2.29. The molecule has 0 radical (unpaired) electrons. The summed E-state index contributed by atoms with van der Waals surface area (Å²) in [4.78, 5) is 19.7. The fourth-order valence-electron chi connectivity index (χ4n) is 3.47. The minimum Gasteiger partial charge on any atom is -0.508 e. The van der Waals surface area contributed by atoms with Gasteiger partial charge < -0.3 is 10.4 Å². The van der Waals surface area contributed by atoms with E-state index in [2.05, 4.69) is 15.2 Å². The van der Waals surface area contributed by atoms with Crippen LogP contribution in [0.5, 0.6) is 5.75 Å². The summed E-state index contributed by atoms with van der Waals surface area (Å²) in [5, 5.41) is 14.4. The van der Waals surface area contributed by atoms with Crippen LogP contribution in [-0.4, -0.2) is 58.6 Å². The number of hydrogen-bond acceptors (Lipinski definition) is 5. The number of phenols is 1. The Kier molecular flexibility index (Phi) is 5.78. The summed E-state index contributed by atoms with van der Waals surface area (Å²) < 4.78 is 0. The van der Waals surface area contributed by atoms with Crippen molar-refractivity contribution in [2.45, 2.75) is 0 Å². The van der Waals surface area contributed by atoms with Gasteiger partial charge in [-0.2, -0.15) is 11.8 Å². The fourth-order valence-corrected chi connectivity index (χ4v) is 4.45. The van der Waals surface area contributed by atoms with Crippen LogP contribution in [0.15, 0.2) is 54.7 Å². The van der Waals surface area contributed by atoms with Crippen LogP contribution in [0.1, 0.15) is 10.4 Å². The zero-order valence-electron chi connectivity index (χ0n) is 15.6. The van der Waals surface area contributed by atoms with Crippen LogP contribution >= 0.6 is 11.8 Å². The molecule has 2 N–H and O–H groups in total. The van der Waals surface area contributed by atoms with E-state index in [-0.39, 0.29) is 11.7 Å². The maximum absolute atomic E-state index is 12.8. The second kappa shape index (κ2) is 8.63. The van der Waals surface area contributed by atoms with Crippen LogP contribution in [0, 0.1) is 0 Å². The van der Waals surface area contributed by atoms with Crippen LogP contribution < -0.4 is 5.32 Å². The van der Waals surface area contributed by atoms with Crippen molar-refractivity contribution in [3.8, 4) is 17.0 Å². The average Bonchev–Trinajstić information content (AvgIpc) is 2.74. The molecule has 144 valence electrons. The zero-order chi connectivity index (χ0) is 19.3. The van der Waals surface area contributed by atoms with Crippen molar-refractivity contribution in [3.05, 3.63) is 60.3 Å². The first kappa shape index (κ1) is 18.8. The number of aromatic nitrogens is 1. The number of phenolic OH excluding ortho intramolecular Hbond substituents is 1. The molecule has 1 saturated heterocycles. The first-order valence-electron chi connectivity index (χ1n) is 9.48. The summed E-state index contributed by atoms with van der Waals surface area (Å²) in [6, 6.07) is 14.8. The second-order valence-corrected chi connectivity index (χ2v) is 8.05. The molecule has 2 heterocycles. The molecular formula is C22H23N3O2S. The van der Waals surface area contributed by atoms with Gasteiger partial charge in [-0.25, -0.2) is 0 Å². The van der Waals surface area contributed by atoms with Gasteiger partial charge in [-0.05, 0) is 29.7 Å². The van der Waals surface area contributed by atoms with E-state index in [1.807, 2.05) is 48.2 Å². The number of thioether (sulfide) groups is 1. The first-order chi connectivity index (χ1) is 13.7. The Labute approximate surface area is 168 Å². The van der Waals surface area contributed by atoms with Crippen molar-refractivity contribution >= 4 is 28.4 Å². The van der Waals surface area contributed by atoms with Gasteiger partial charge in [0.25, 0.3) is 5.91 Å². The predicted molar refractivity (Wildman–Crippen MR) is 115 cm³/mol. The van der Waals surface area contributed by atoms with Gasteiger partial charge in [-0.15, -0.1) is 0 Å². The number of carbonyl (C=O) groups excluding carboxylic acids is 1. The third-order valence-electron chi connectivity index (χ3n) is 5.00. The second-order valence-electron chi connectivity index (χ2n) is 6.82. The van der Waals surface area contributed by atoms with Gasteiger partial charge in [0.2, 0.25) is 0 Å². The highest BCUT2D eigenvalue weighted by Gasteiger charge is 2.15. The number of fused-ring (bicyclic) bond motifs is 1. The molecule has 0 saturated carbocycles. The molecule has 1 aliphatic rings. The highest BCUT2D eigenvalue weighted by atomic mass is 32.2. The monoisotopic (exact) mass is 393 g/mol. The minimum absolute atomic E-state index is 0.0904. The molecule has 6 heteroatoms. The average molecular weight is 394 g/mol. The largest absolute Gasteiger partial charge is 0.508 e. The van der Waals surface area contributed by atoms with Gasteiger partial charge in [0.15, 0.2) is 0 Å². The topological polar surface area (TPSA) is 65.5 Å². The Hall–Kier alpha value is -2.57. The van der Waals surface area contributed by atoms with E-state index in [1.54, 1.807) is 18.3 Å². The van der Waals surface area contributed by atoms with E-state index in [0.29, 0.717) is 12.1 Å². The number of aromatic hydroxyl groups is 1. The number of nitrogens with zero attached hydrogens (tertiary/aromatic N) is 2. The van der Waals surface area contributed by atoms with E-state index in [9.17, 15) is 9.90 Å². The maximum Gasteiger partial charge on any atom is 0.253 e. The number of benzene rings is 2. The molecule has 3 aromatic rings. The Morgan fingerprint density at radius 1 is 1.07 bits per heavy atom. The molecule has 1 amide bonds. The summed E-state index contributed by atoms with van der Waals surface area (Å²) in [5.41, 5.74) is 2.30. The first-order valence-corrected chi connectivity index (χ1v) is 10.6. The summed E-state index contributed by atoms with van der Waals surface area (Å²) in [6.07, 6.45) is 1.65. The van der Waals surface area contributed by atoms with Crippen LogP contribution in [-0.2, 0) is 0 Å². The van der Waals surface area contributed by atoms with Crippen molar-refractivity contribution in [3.63, 3.8) is 0 Å². The van der Waals surface area contributed by atoms with Crippen LogP contribution in [0.25, 0.3) is 22.0 Å². The minimum atomic E-state index is -0.0904. The number of carbonyl (C=O) groups is 1. The molecule has 0 aliphatic carbocycles. The van der Waals surface area contributed by atoms with Crippen molar-refractivity contribution in [1.82, 2.24) is 15.2 Å². The Balaban J connectivity index is 1.55. The molecule has 0 unspecified atom stereocenters. The third-order valence-corrected chi connectivity index (χ3v) is 5.94. The molecule has 1 aromatic heterocycles. The van der Waals surface area contributed by atoms with Crippen LogP contribution in [0.3, 0.4) is 0 Å². The lowest BCUT2D eigenvalue weighted by atomic mass is 10.0. The number of nitrogens with one attached hydrogen (secondary N) is 1. The predicted octanol–water partition coefficient (Wildman–Crippen LogP) is 3.39. The van der Waals surface area contributed by atoms with Gasteiger partial charge in [0, 0.05) is 54.8 Å². The van der Waals surface area contributed by atoms with Crippen LogP contribution in [0.2, 0.25) is 0 Å². The van der Waals surface area contributed by atoms with E-state index in [0.717, 1.165) is 41.7 Å². The van der Waals surface area contributed by atoms with Gasteiger partial charge >= 0.3 is 0 Å². The lowest BCUT2D eigenvalue weighted by Gasteiger charge is -2.26. The lowest BCUT2D eigenvalue weighted by molar-refractivity contribution is 0.0950.